The molecule has 344 valence electrons. The summed E-state index contributed by atoms with van der Waals surface area (Å²) in [5.74, 6) is 0.253. The van der Waals surface area contributed by atoms with Crippen molar-refractivity contribution in [2.24, 2.45) is 0 Å². The standard InChI is InChI=1S/C21H30N2O4S2.C12H18INO2S.C9H14BNO4S/c1-16(2)29(26,27)23-15-17(3)19-9-11-21(12-10-19)20-7-5-18(6-8-20)13-14-22-28(4,24)25;1-9(2)17(15,16)14-8-10(3)11-4-6-12(13)7-5-11;1-16(14,15)11-7-6-8-2-4-9(5-3-8)10(12)13/h5-12,16-17,22-23H,13-15H2,1-4H3;4-7,9-10,14H,8H2,1-3H3;2-5,11-13H,6-7H2,1H3/t17-;10-;/m00./s1. The van der Waals surface area contributed by atoms with Crippen molar-refractivity contribution in [2.75, 3.05) is 38.7 Å². The number of benzene rings is 4. The maximum Gasteiger partial charge on any atom is 0.488 e. The van der Waals surface area contributed by atoms with Crippen LogP contribution in [0.3, 0.4) is 0 Å². The third-order valence-corrected chi connectivity index (χ3v) is 15.3. The highest BCUT2D eigenvalue weighted by Crippen LogP contribution is 2.24. The van der Waals surface area contributed by atoms with Gasteiger partial charge in [0.15, 0.2) is 0 Å². The highest BCUT2D eigenvalue weighted by molar-refractivity contribution is 14.1. The summed E-state index contributed by atoms with van der Waals surface area (Å²) >= 11 is 2.25. The van der Waals surface area contributed by atoms with Gasteiger partial charge in [0, 0.05) is 29.7 Å². The van der Waals surface area contributed by atoms with E-state index in [1.54, 1.807) is 52.0 Å². The molecule has 0 aliphatic carbocycles. The van der Waals surface area contributed by atoms with E-state index in [0.717, 1.165) is 45.9 Å². The SMILES string of the molecule is CC(C)S(=O)(=O)NC[C@H](C)c1ccc(-c2ccc(CCNS(C)(=O)=O)cc2)cc1.CC(C)S(=O)(=O)NC[C@H](C)c1ccc(I)cc1.CS(=O)(=O)NCCc1ccc(B(O)O)cc1. The Labute approximate surface area is 384 Å². The molecule has 0 unspecified atom stereocenters. The number of nitrogens with one attached hydrogen (secondary N) is 4. The maximum atomic E-state index is 11.9. The zero-order chi connectivity index (χ0) is 46.9. The summed E-state index contributed by atoms with van der Waals surface area (Å²) in [6.45, 7) is 12.2. The second-order valence-electron chi connectivity index (χ2n) is 15.5. The molecule has 4 aromatic rings. The van der Waals surface area contributed by atoms with Crippen LogP contribution >= 0.6 is 22.6 Å². The molecule has 0 saturated heterocycles. The van der Waals surface area contributed by atoms with E-state index >= 15 is 0 Å². The van der Waals surface area contributed by atoms with Gasteiger partial charge in [-0.25, -0.2) is 52.6 Å². The van der Waals surface area contributed by atoms with E-state index in [0.29, 0.717) is 44.5 Å². The van der Waals surface area contributed by atoms with Crippen molar-refractivity contribution in [2.45, 2.75) is 76.7 Å². The van der Waals surface area contributed by atoms with Crippen molar-refractivity contribution in [1.82, 2.24) is 18.9 Å². The molecule has 0 fully saturated rings. The first-order valence-electron chi connectivity index (χ1n) is 19.9. The van der Waals surface area contributed by atoms with Gasteiger partial charge in [0.25, 0.3) is 0 Å². The van der Waals surface area contributed by atoms with Crippen LogP contribution in [-0.4, -0.2) is 100 Å². The van der Waals surface area contributed by atoms with E-state index in [2.05, 4.69) is 41.5 Å². The zero-order valence-corrected chi connectivity index (χ0v) is 42.0. The Morgan fingerprint density at radius 1 is 0.500 bits per heavy atom. The van der Waals surface area contributed by atoms with Crippen LogP contribution < -0.4 is 24.4 Å². The van der Waals surface area contributed by atoms with E-state index in [1.807, 2.05) is 86.6 Å². The number of sulfonamides is 4. The second-order valence-corrected chi connectivity index (χ2v) is 25.1. The molecule has 0 spiro atoms. The van der Waals surface area contributed by atoms with Crippen LogP contribution in [0.2, 0.25) is 0 Å². The highest BCUT2D eigenvalue weighted by atomic mass is 127. The van der Waals surface area contributed by atoms with Gasteiger partial charge in [0.2, 0.25) is 40.1 Å². The zero-order valence-electron chi connectivity index (χ0n) is 36.5. The van der Waals surface area contributed by atoms with Crippen molar-refractivity contribution in [3.05, 3.63) is 123 Å². The van der Waals surface area contributed by atoms with Crippen LogP contribution in [0.15, 0.2) is 97.1 Å². The number of hydrogen-bond donors (Lipinski definition) is 6. The summed E-state index contributed by atoms with van der Waals surface area (Å²) in [5.41, 5.74) is 6.78. The normalized spacial score (nSPS) is 13.1. The monoisotopic (exact) mass is 1050 g/mol. The van der Waals surface area contributed by atoms with Crippen molar-refractivity contribution >= 4 is 75.3 Å². The molecule has 0 aromatic heterocycles. The summed E-state index contributed by atoms with van der Waals surface area (Å²) in [6, 6.07) is 30.9. The van der Waals surface area contributed by atoms with Gasteiger partial charge in [0.05, 0.1) is 23.0 Å². The van der Waals surface area contributed by atoms with Gasteiger partial charge >= 0.3 is 7.12 Å². The van der Waals surface area contributed by atoms with Gasteiger partial charge in [-0.1, -0.05) is 98.8 Å². The molecule has 0 bridgehead atoms. The Bertz CT molecular complexity index is 2400. The van der Waals surface area contributed by atoms with E-state index < -0.39 is 52.5 Å². The van der Waals surface area contributed by atoms with Crippen LogP contribution in [0.5, 0.6) is 0 Å². The highest BCUT2D eigenvalue weighted by Gasteiger charge is 2.18. The average molecular weight is 1050 g/mol. The van der Waals surface area contributed by atoms with Gasteiger partial charge in [-0.3, -0.25) is 0 Å². The lowest BCUT2D eigenvalue weighted by molar-refractivity contribution is 0.425. The Morgan fingerprint density at radius 3 is 1.15 bits per heavy atom. The molecule has 0 heterocycles. The smallest absolute Gasteiger partial charge is 0.423 e. The first-order valence-corrected chi connectivity index (χ1v) is 27.9. The Kier molecular flexibility index (Phi) is 22.9. The average Bonchev–Trinajstić information content (AvgIpc) is 3.19. The molecule has 0 aliphatic heterocycles. The van der Waals surface area contributed by atoms with Crippen molar-refractivity contribution < 1.29 is 43.7 Å². The van der Waals surface area contributed by atoms with Crippen LogP contribution in [0.25, 0.3) is 11.1 Å². The molecule has 0 saturated carbocycles. The molecule has 0 aliphatic rings. The molecule has 14 nitrogen and oxygen atoms in total. The fraction of sp³-hybridized carbons (Fsp3) is 0.429. The first kappa shape index (κ1) is 55.4. The van der Waals surface area contributed by atoms with Gasteiger partial charge in [-0.05, 0) is 126 Å². The van der Waals surface area contributed by atoms with Crippen LogP contribution in [0, 0.1) is 3.57 Å². The number of hydrogen-bond acceptors (Lipinski definition) is 10. The summed E-state index contributed by atoms with van der Waals surface area (Å²) in [5, 5.41) is 16.9. The van der Waals surface area contributed by atoms with Crippen LogP contribution in [-0.2, 0) is 52.9 Å². The van der Waals surface area contributed by atoms with Crippen molar-refractivity contribution in [3.63, 3.8) is 0 Å². The minimum atomic E-state index is -3.26. The number of halogens is 1. The summed E-state index contributed by atoms with van der Waals surface area (Å²) in [6.07, 6.45) is 3.46. The van der Waals surface area contributed by atoms with Gasteiger partial charge < -0.3 is 10.0 Å². The quantitative estimate of drug-likeness (QED) is 0.0550. The van der Waals surface area contributed by atoms with Crippen molar-refractivity contribution in [3.8, 4) is 11.1 Å². The summed E-state index contributed by atoms with van der Waals surface area (Å²) in [4.78, 5) is 0. The molecular formula is C42H62BIN4O10S4. The molecule has 62 heavy (non-hydrogen) atoms. The largest absolute Gasteiger partial charge is 0.488 e. The third kappa shape index (κ3) is 21.7. The first-order chi connectivity index (χ1) is 28.7. The minimum Gasteiger partial charge on any atom is -0.423 e. The van der Waals surface area contributed by atoms with Crippen molar-refractivity contribution in [1.29, 1.82) is 0 Å². The Morgan fingerprint density at radius 2 is 0.823 bits per heavy atom. The third-order valence-electron chi connectivity index (χ3n) is 9.46. The lowest BCUT2D eigenvalue weighted by Crippen LogP contribution is -2.33. The molecule has 2 atom stereocenters. The lowest BCUT2D eigenvalue weighted by Gasteiger charge is -2.15. The van der Waals surface area contributed by atoms with Gasteiger partial charge in [0.1, 0.15) is 0 Å². The topological polar surface area (TPSA) is 225 Å². The second kappa shape index (κ2) is 25.7. The van der Waals surface area contributed by atoms with Gasteiger partial charge in [-0.15, -0.1) is 0 Å². The maximum absolute atomic E-state index is 11.9. The van der Waals surface area contributed by atoms with Crippen LogP contribution in [0.1, 0.15) is 75.6 Å². The predicted molar refractivity (Wildman–Crippen MR) is 261 cm³/mol. The number of rotatable bonds is 20. The Hall–Kier alpha value is -2.77. The van der Waals surface area contributed by atoms with Gasteiger partial charge in [-0.2, -0.15) is 0 Å². The molecule has 4 rings (SSSR count). The fourth-order valence-corrected chi connectivity index (χ4v) is 8.27. The van der Waals surface area contributed by atoms with E-state index in [9.17, 15) is 33.7 Å². The fourth-order valence-electron chi connectivity index (χ4n) is 5.33. The molecule has 0 radical (unpaired) electrons. The molecular weight excluding hydrogens is 986 g/mol. The summed E-state index contributed by atoms with van der Waals surface area (Å²) < 4.78 is 102. The van der Waals surface area contributed by atoms with E-state index in [-0.39, 0.29) is 17.1 Å². The minimum absolute atomic E-state index is 0.0716. The molecule has 20 heteroatoms. The van der Waals surface area contributed by atoms with Crippen LogP contribution in [0.4, 0.5) is 0 Å². The lowest BCUT2D eigenvalue weighted by atomic mass is 9.80. The molecule has 6 N–H and O–H groups in total. The van der Waals surface area contributed by atoms with E-state index in [4.69, 9.17) is 10.0 Å². The molecule has 4 aromatic carbocycles. The summed E-state index contributed by atoms with van der Waals surface area (Å²) in [7, 11) is -14.2. The van der Waals surface area contributed by atoms with E-state index in [1.165, 1.54) is 3.57 Å². The Balaban J connectivity index is 0.000000343. The predicted octanol–water partition coefficient (Wildman–Crippen LogP) is 4.06. The molecule has 0 amide bonds.